The van der Waals surface area contributed by atoms with E-state index in [-0.39, 0.29) is 23.7 Å². The molecule has 0 saturated carbocycles. The zero-order chi connectivity index (χ0) is 15.0. The maximum atomic E-state index is 12.5. The van der Waals surface area contributed by atoms with E-state index in [1.54, 1.807) is 6.07 Å². The molecule has 0 bridgehead atoms. The normalized spacial score (nSPS) is 18.6. The largest absolute Gasteiger partial charge is 0.495 e. The van der Waals surface area contributed by atoms with Crippen molar-refractivity contribution in [3.8, 4) is 5.75 Å². The molecule has 0 unspecified atom stereocenters. The second-order valence-corrected chi connectivity index (χ2v) is 7.06. The van der Waals surface area contributed by atoms with Gasteiger partial charge in [0.15, 0.2) is 0 Å². The number of anilines is 1. The smallest absolute Gasteiger partial charge is 0.247 e. The lowest BCUT2D eigenvalue weighted by molar-refractivity contribution is -0.0653. The Labute approximate surface area is 119 Å². The number of β-amino-alcohol motifs (C(OH)–C–C–N with tert-alkyl or cyclic N) is 1. The molecule has 1 aliphatic heterocycles. The zero-order valence-corrected chi connectivity index (χ0v) is 12.5. The number of nitrogens with zero attached hydrogens (tertiary/aromatic N) is 1. The van der Waals surface area contributed by atoms with Crippen LogP contribution in [0, 0.1) is 0 Å². The number of nitrogens with two attached hydrogens (primary N) is 1. The maximum Gasteiger partial charge on any atom is 0.247 e. The van der Waals surface area contributed by atoms with E-state index in [2.05, 4.69) is 0 Å². The molecular formula is C13H20N2O4S. The van der Waals surface area contributed by atoms with Crippen molar-refractivity contribution < 1.29 is 18.3 Å². The number of nitrogen functional groups attached to an aromatic ring is 1. The summed E-state index contributed by atoms with van der Waals surface area (Å²) in [6, 6.07) is 4.49. The Hall–Kier alpha value is -1.31. The molecular weight excluding hydrogens is 280 g/mol. The third-order valence-corrected chi connectivity index (χ3v) is 5.28. The van der Waals surface area contributed by atoms with Gasteiger partial charge in [0, 0.05) is 18.8 Å². The van der Waals surface area contributed by atoms with Crippen molar-refractivity contribution in [1.29, 1.82) is 0 Å². The fraction of sp³-hybridized carbons (Fsp3) is 0.538. The minimum absolute atomic E-state index is 0.0403. The van der Waals surface area contributed by atoms with Crippen molar-refractivity contribution in [2.24, 2.45) is 0 Å². The van der Waals surface area contributed by atoms with E-state index in [9.17, 15) is 13.5 Å². The summed E-state index contributed by atoms with van der Waals surface area (Å²) < 4.78 is 31.4. The Bertz CT molecular complexity index is 594. The SMILES string of the molecule is CCCC1(O)CN(S(=O)(=O)c2cc(N)ccc2OC)C1. The molecule has 3 N–H and O–H groups in total. The first-order valence-corrected chi connectivity index (χ1v) is 7.92. The van der Waals surface area contributed by atoms with Crippen molar-refractivity contribution in [1.82, 2.24) is 4.31 Å². The number of ether oxygens (including phenoxy) is 1. The number of aliphatic hydroxyl groups is 1. The first-order chi connectivity index (χ1) is 9.32. The molecule has 1 fully saturated rings. The Morgan fingerprint density at radius 1 is 1.45 bits per heavy atom. The van der Waals surface area contributed by atoms with Crippen LogP contribution in [0.4, 0.5) is 5.69 Å². The third-order valence-electron chi connectivity index (χ3n) is 3.46. The quantitative estimate of drug-likeness (QED) is 0.785. The fourth-order valence-electron chi connectivity index (χ4n) is 2.44. The topological polar surface area (TPSA) is 92.9 Å². The van der Waals surface area contributed by atoms with Crippen LogP contribution in [-0.2, 0) is 10.0 Å². The van der Waals surface area contributed by atoms with E-state index < -0.39 is 15.6 Å². The molecule has 20 heavy (non-hydrogen) atoms. The van der Waals surface area contributed by atoms with E-state index in [0.29, 0.717) is 12.1 Å². The van der Waals surface area contributed by atoms with Gasteiger partial charge >= 0.3 is 0 Å². The van der Waals surface area contributed by atoms with E-state index in [1.165, 1.54) is 23.5 Å². The molecule has 0 aliphatic carbocycles. The second kappa shape index (κ2) is 5.23. The monoisotopic (exact) mass is 300 g/mol. The molecule has 7 heteroatoms. The summed E-state index contributed by atoms with van der Waals surface area (Å²) in [6.45, 7) is 2.18. The van der Waals surface area contributed by atoms with Crippen molar-refractivity contribution >= 4 is 15.7 Å². The van der Waals surface area contributed by atoms with Crippen LogP contribution >= 0.6 is 0 Å². The molecule has 1 aromatic carbocycles. The van der Waals surface area contributed by atoms with E-state index in [4.69, 9.17) is 10.5 Å². The molecule has 0 atom stereocenters. The van der Waals surface area contributed by atoms with Crippen LogP contribution < -0.4 is 10.5 Å². The highest BCUT2D eigenvalue weighted by atomic mass is 32.2. The van der Waals surface area contributed by atoms with Crippen molar-refractivity contribution in [3.05, 3.63) is 18.2 Å². The minimum atomic E-state index is -3.69. The van der Waals surface area contributed by atoms with E-state index in [1.807, 2.05) is 6.92 Å². The molecule has 1 heterocycles. The minimum Gasteiger partial charge on any atom is -0.495 e. The lowest BCUT2D eigenvalue weighted by Crippen LogP contribution is -2.63. The van der Waals surface area contributed by atoms with Gasteiger partial charge in [-0.05, 0) is 24.6 Å². The van der Waals surface area contributed by atoms with E-state index >= 15 is 0 Å². The van der Waals surface area contributed by atoms with E-state index in [0.717, 1.165) is 6.42 Å². The Balaban J connectivity index is 2.27. The van der Waals surface area contributed by atoms with Gasteiger partial charge in [0.1, 0.15) is 10.6 Å². The van der Waals surface area contributed by atoms with Crippen LogP contribution in [-0.4, -0.2) is 43.6 Å². The predicted octanol–water partition coefficient (Wildman–Crippen LogP) is 0.813. The molecule has 6 nitrogen and oxygen atoms in total. The summed E-state index contributed by atoms with van der Waals surface area (Å²) in [6.07, 6.45) is 1.40. The summed E-state index contributed by atoms with van der Waals surface area (Å²) in [5.74, 6) is 0.255. The number of methoxy groups -OCH3 is 1. The highest BCUT2D eigenvalue weighted by Crippen LogP contribution is 2.35. The van der Waals surface area contributed by atoms with Gasteiger partial charge in [0.25, 0.3) is 0 Å². The lowest BCUT2D eigenvalue weighted by atomic mass is 9.92. The van der Waals surface area contributed by atoms with Crippen molar-refractivity contribution in [2.45, 2.75) is 30.3 Å². The standard InChI is InChI=1S/C13H20N2O4S/c1-3-6-13(16)8-15(9-13)20(17,18)12-7-10(14)4-5-11(12)19-2/h4-5,7,16H,3,6,8-9,14H2,1-2H3. The van der Waals surface area contributed by atoms with Gasteiger partial charge in [-0.15, -0.1) is 0 Å². The van der Waals surface area contributed by atoms with Gasteiger partial charge in [0.2, 0.25) is 10.0 Å². The highest BCUT2D eigenvalue weighted by molar-refractivity contribution is 7.89. The molecule has 2 rings (SSSR count). The summed E-state index contributed by atoms with van der Waals surface area (Å²) in [7, 11) is -2.28. The van der Waals surface area contributed by atoms with Crippen LogP contribution in [0.1, 0.15) is 19.8 Å². The van der Waals surface area contributed by atoms with Crippen LogP contribution in [0.15, 0.2) is 23.1 Å². The average molecular weight is 300 g/mol. The number of hydrogen-bond donors (Lipinski definition) is 2. The van der Waals surface area contributed by atoms with Crippen LogP contribution in [0.2, 0.25) is 0 Å². The fourth-order valence-corrected chi connectivity index (χ4v) is 4.23. The average Bonchev–Trinajstić information content (AvgIpc) is 2.36. The van der Waals surface area contributed by atoms with Gasteiger partial charge in [-0.3, -0.25) is 0 Å². The Morgan fingerprint density at radius 3 is 2.65 bits per heavy atom. The van der Waals surface area contributed by atoms with Crippen molar-refractivity contribution in [2.75, 3.05) is 25.9 Å². The van der Waals surface area contributed by atoms with Gasteiger partial charge in [-0.25, -0.2) is 8.42 Å². The molecule has 0 amide bonds. The second-order valence-electron chi connectivity index (χ2n) is 5.16. The first kappa shape index (κ1) is 15.1. The lowest BCUT2D eigenvalue weighted by Gasteiger charge is -2.45. The van der Waals surface area contributed by atoms with Crippen LogP contribution in [0.25, 0.3) is 0 Å². The Kier molecular flexibility index (Phi) is 3.95. The third kappa shape index (κ3) is 2.61. The molecule has 1 saturated heterocycles. The number of sulfonamides is 1. The summed E-state index contributed by atoms with van der Waals surface area (Å²) in [5, 5.41) is 10.1. The molecule has 1 aliphatic rings. The van der Waals surface area contributed by atoms with Gasteiger partial charge in [0.05, 0.1) is 12.7 Å². The summed E-state index contributed by atoms with van der Waals surface area (Å²) >= 11 is 0. The number of benzene rings is 1. The molecule has 1 aromatic rings. The summed E-state index contributed by atoms with van der Waals surface area (Å²) in [4.78, 5) is 0.0403. The van der Waals surface area contributed by atoms with Crippen molar-refractivity contribution in [3.63, 3.8) is 0 Å². The first-order valence-electron chi connectivity index (χ1n) is 6.48. The predicted molar refractivity (Wildman–Crippen MR) is 76.0 cm³/mol. The summed E-state index contributed by atoms with van der Waals surface area (Å²) in [5.41, 5.74) is 5.10. The van der Waals surface area contributed by atoms with Gasteiger partial charge < -0.3 is 15.6 Å². The maximum absolute atomic E-state index is 12.5. The number of hydrogen-bond acceptors (Lipinski definition) is 5. The zero-order valence-electron chi connectivity index (χ0n) is 11.7. The Morgan fingerprint density at radius 2 is 2.10 bits per heavy atom. The van der Waals surface area contributed by atoms with Crippen LogP contribution in [0.3, 0.4) is 0 Å². The molecule has 0 aromatic heterocycles. The molecule has 112 valence electrons. The van der Waals surface area contributed by atoms with Gasteiger partial charge in [-0.2, -0.15) is 4.31 Å². The van der Waals surface area contributed by atoms with Gasteiger partial charge in [-0.1, -0.05) is 13.3 Å². The number of rotatable bonds is 5. The highest BCUT2D eigenvalue weighted by Gasteiger charge is 2.47. The molecule has 0 radical (unpaired) electrons. The molecule has 0 spiro atoms. The van der Waals surface area contributed by atoms with Crippen LogP contribution in [0.5, 0.6) is 5.75 Å².